The van der Waals surface area contributed by atoms with Gasteiger partial charge in [-0.2, -0.15) is 0 Å². The van der Waals surface area contributed by atoms with Crippen molar-refractivity contribution in [1.29, 1.82) is 0 Å². The lowest BCUT2D eigenvalue weighted by atomic mass is 10.2. The number of nitrogens with two attached hydrogens (primary N) is 1. The summed E-state index contributed by atoms with van der Waals surface area (Å²) < 4.78 is 13.1. The van der Waals surface area contributed by atoms with Crippen molar-refractivity contribution in [2.45, 2.75) is 6.54 Å². The molecule has 0 aromatic carbocycles. The average molecular weight is 303 g/mol. The molecule has 0 atom stereocenters. The van der Waals surface area contributed by atoms with Crippen LogP contribution in [0.25, 0.3) is 0 Å². The number of hydrogen-bond donors (Lipinski definition) is 1. The van der Waals surface area contributed by atoms with Gasteiger partial charge in [0.15, 0.2) is 0 Å². The molecule has 0 bridgehead atoms. The van der Waals surface area contributed by atoms with Crippen molar-refractivity contribution in [3.8, 4) is 11.8 Å². The first kappa shape index (κ1) is 15.2. The van der Waals surface area contributed by atoms with E-state index < -0.39 is 5.82 Å². The van der Waals surface area contributed by atoms with E-state index in [4.69, 9.17) is 5.73 Å². The number of amides is 1. The van der Waals surface area contributed by atoms with E-state index in [0.717, 1.165) is 16.6 Å². The molecule has 0 unspecified atom stereocenters. The Hall–Kier alpha value is -2.23. The quantitative estimate of drug-likeness (QED) is 0.881. The molecule has 0 aliphatic heterocycles. The van der Waals surface area contributed by atoms with Gasteiger partial charge in [0, 0.05) is 19.8 Å². The smallest absolute Gasteiger partial charge is 0.255 e. The zero-order valence-electron chi connectivity index (χ0n) is 11.5. The summed E-state index contributed by atoms with van der Waals surface area (Å²) in [6.45, 7) is 0.744. The van der Waals surface area contributed by atoms with E-state index in [2.05, 4.69) is 16.8 Å². The van der Waals surface area contributed by atoms with Crippen molar-refractivity contribution in [2.75, 3.05) is 13.6 Å². The second-order valence-corrected chi connectivity index (χ2v) is 5.29. The van der Waals surface area contributed by atoms with E-state index in [9.17, 15) is 9.18 Å². The molecule has 0 aliphatic carbocycles. The number of pyridine rings is 1. The summed E-state index contributed by atoms with van der Waals surface area (Å²) in [4.78, 5) is 18.3. The molecule has 0 fully saturated rings. The van der Waals surface area contributed by atoms with Gasteiger partial charge in [-0.3, -0.25) is 9.78 Å². The first-order valence-electron chi connectivity index (χ1n) is 6.22. The fourth-order valence-electron chi connectivity index (χ4n) is 1.76. The van der Waals surface area contributed by atoms with Crippen LogP contribution >= 0.6 is 11.3 Å². The van der Waals surface area contributed by atoms with Crippen LogP contribution in [-0.2, 0) is 6.54 Å². The molecular weight excluding hydrogens is 289 g/mol. The lowest BCUT2D eigenvalue weighted by Gasteiger charge is -2.16. The number of hydrogen-bond acceptors (Lipinski definition) is 4. The molecule has 21 heavy (non-hydrogen) atoms. The summed E-state index contributed by atoms with van der Waals surface area (Å²) >= 11 is 1.50. The summed E-state index contributed by atoms with van der Waals surface area (Å²) in [7, 11) is 1.66. The van der Waals surface area contributed by atoms with Gasteiger partial charge in [0.05, 0.1) is 23.2 Å². The van der Waals surface area contributed by atoms with Gasteiger partial charge >= 0.3 is 0 Å². The van der Waals surface area contributed by atoms with Crippen LogP contribution in [0.15, 0.2) is 29.9 Å². The molecule has 0 saturated heterocycles. The van der Waals surface area contributed by atoms with Crippen LogP contribution in [0.2, 0.25) is 0 Å². The maximum atomic E-state index is 13.1. The lowest BCUT2D eigenvalue weighted by molar-refractivity contribution is 0.0784. The van der Waals surface area contributed by atoms with Gasteiger partial charge in [0.2, 0.25) is 0 Å². The number of thiophene rings is 1. The zero-order chi connectivity index (χ0) is 15.2. The van der Waals surface area contributed by atoms with E-state index in [1.807, 2.05) is 11.4 Å². The van der Waals surface area contributed by atoms with Crippen LogP contribution in [-0.4, -0.2) is 29.4 Å². The summed E-state index contributed by atoms with van der Waals surface area (Å²) in [6, 6.07) is 3.10. The predicted octanol–water partition coefficient (Wildman–Crippen LogP) is 1.86. The molecule has 0 saturated carbocycles. The van der Waals surface area contributed by atoms with Crippen molar-refractivity contribution in [1.82, 2.24) is 9.88 Å². The summed E-state index contributed by atoms with van der Waals surface area (Å²) in [6.07, 6.45) is 2.42. The maximum Gasteiger partial charge on any atom is 0.255 e. The number of carbonyl (C=O) groups excluding carboxylic acids is 1. The molecule has 6 heteroatoms. The maximum absolute atomic E-state index is 13.1. The molecule has 2 aromatic heterocycles. The third kappa shape index (κ3) is 4.12. The van der Waals surface area contributed by atoms with Gasteiger partial charge in [-0.25, -0.2) is 4.39 Å². The number of halogens is 1. The monoisotopic (exact) mass is 303 g/mol. The van der Waals surface area contributed by atoms with Crippen LogP contribution < -0.4 is 5.73 Å². The SMILES string of the molecule is CN(Cc1csc(C#CCN)c1)C(=O)c1cncc(F)c1. The minimum atomic E-state index is -0.524. The Morgan fingerprint density at radius 1 is 1.48 bits per heavy atom. The third-order valence-corrected chi connectivity index (χ3v) is 3.58. The van der Waals surface area contributed by atoms with E-state index in [-0.39, 0.29) is 11.5 Å². The molecule has 1 amide bonds. The normalized spacial score (nSPS) is 9.86. The molecule has 2 N–H and O–H groups in total. The van der Waals surface area contributed by atoms with Crippen LogP contribution in [0.4, 0.5) is 4.39 Å². The second kappa shape index (κ2) is 6.97. The van der Waals surface area contributed by atoms with Crippen molar-refractivity contribution < 1.29 is 9.18 Å². The topological polar surface area (TPSA) is 59.2 Å². The molecule has 0 aliphatic rings. The number of nitrogens with zero attached hydrogens (tertiary/aromatic N) is 2. The summed E-state index contributed by atoms with van der Waals surface area (Å²) in [5.74, 6) is 4.93. The van der Waals surface area contributed by atoms with Crippen LogP contribution in [0.3, 0.4) is 0 Å². The first-order chi connectivity index (χ1) is 10.1. The Balaban J connectivity index is 2.05. The minimum Gasteiger partial charge on any atom is -0.337 e. The second-order valence-electron chi connectivity index (χ2n) is 4.38. The third-order valence-electron chi connectivity index (χ3n) is 2.69. The largest absolute Gasteiger partial charge is 0.337 e. The summed E-state index contributed by atoms with van der Waals surface area (Å²) in [5.41, 5.74) is 6.53. The standard InChI is InChI=1S/C15H14FN3OS/c1-19(15(20)12-6-13(16)8-18-7-12)9-11-5-14(21-10-11)3-2-4-17/h5-8,10H,4,9,17H2,1H3. The van der Waals surface area contributed by atoms with Crippen molar-refractivity contribution in [3.63, 3.8) is 0 Å². The Kier molecular flexibility index (Phi) is 5.04. The zero-order valence-corrected chi connectivity index (χ0v) is 12.3. The lowest BCUT2D eigenvalue weighted by Crippen LogP contribution is -2.26. The fourth-order valence-corrected chi connectivity index (χ4v) is 2.53. The highest BCUT2D eigenvalue weighted by Gasteiger charge is 2.13. The van der Waals surface area contributed by atoms with E-state index >= 15 is 0 Å². The number of aromatic nitrogens is 1. The number of carbonyl (C=O) groups is 1. The van der Waals surface area contributed by atoms with Gasteiger partial charge in [0.1, 0.15) is 5.82 Å². The van der Waals surface area contributed by atoms with Gasteiger partial charge in [0.25, 0.3) is 5.91 Å². The average Bonchev–Trinajstić information content (AvgIpc) is 2.91. The molecule has 2 rings (SSSR count). The van der Waals surface area contributed by atoms with Crippen LogP contribution in [0, 0.1) is 17.7 Å². The molecule has 2 heterocycles. The van der Waals surface area contributed by atoms with E-state index in [1.54, 1.807) is 7.05 Å². The Bertz CT molecular complexity index is 702. The molecule has 0 spiro atoms. The highest BCUT2D eigenvalue weighted by Crippen LogP contribution is 2.16. The molecule has 4 nitrogen and oxygen atoms in total. The van der Waals surface area contributed by atoms with E-state index in [0.29, 0.717) is 13.1 Å². The highest BCUT2D eigenvalue weighted by atomic mass is 32.1. The van der Waals surface area contributed by atoms with Crippen molar-refractivity contribution >= 4 is 17.2 Å². The highest BCUT2D eigenvalue weighted by molar-refractivity contribution is 7.10. The van der Waals surface area contributed by atoms with Crippen LogP contribution in [0.5, 0.6) is 0 Å². The number of rotatable bonds is 3. The molecular formula is C15H14FN3OS. The fraction of sp³-hybridized carbons (Fsp3) is 0.200. The van der Waals surface area contributed by atoms with E-state index in [1.165, 1.54) is 28.5 Å². The van der Waals surface area contributed by atoms with Crippen molar-refractivity contribution in [2.24, 2.45) is 5.73 Å². The summed E-state index contributed by atoms with van der Waals surface area (Å²) in [5, 5.41) is 1.94. The first-order valence-corrected chi connectivity index (χ1v) is 7.10. The van der Waals surface area contributed by atoms with Gasteiger partial charge < -0.3 is 10.6 Å². The molecule has 108 valence electrons. The predicted molar refractivity (Wildman–Crippen MR) is 80.2 cm³/mol. The van der Waals surface area contributed by atoms with Gasteiger partial charge in [-0.05, 0) is 23.1 Å². The Morgan fingerprint density at radius 3 is 3.00 bits per heavy atom. The van der Waals surface area contributed by atoms with Gasteiger partial charge in [-0.1, -0.05) is 11.8 Å². The molecule has 2 aromatic rings. The Morgan fingerprint density at radius 2 is 2.29 bits per heavy atom. The Labute approximate surface area is 126 Å². The van der Waals surface area contributed by atoms with Gasteiger partial charge in [-0.15, -0.1) is 11.3 Å². The molecule has 0 radical (unpaired) electrons. The van der Waals surface area contributed by atoms with Crippen LogP contribution in [0.1, 0.15) is 20.8 Å². The minimum absolute atomic E-state index is 0.232. The van der Waals surface area contributed by atoms with Crippen molar-refractivity contribution in [3.05, 3.63) is 51.7 Å².